The molecule has 8 rings (SSSR count). The molecular formula is C41H30NOP. The van der Waals surface area contributed by atoms with Crippen molar-refractivity contribution in [1.29, 1.82) is 0 Å². The summed E-state index contributed by atoms with van der Waals surface area (Å²) in [4.78, 5) is 5.32. The van der Waals surface area contributed by atoms with E-state index < -0.39 is 7.14 Å². The van der Waals surface area contributed by atoms with Crippen LogP contribution in [0.2, 0.25) is 0 Å². The van der Waals surface area contributed by atoms with Crippen LogP contribution in [0.3, 0.4) is 0 Å². The fourth-order valence-electron chi connectivity index (χ4n) is 6.42. The third kappa shape index (κ3) is 4.51. The first kappa shape index (κ1) is 26.6. The molecule has 2 nitrogen and oxygen atoms in total. The Morgan fingerprint density at radius 1 is 0.409 bits per heavy atom. The number of hydrogen-bond donors (Lipinski definition) is 0. The van der Waals surface area contributed by atoms with Crippen molar-refractivity contribution in [3.8, 4) is 33.4 Å². The molecule has 0 aliphatic rings. The van der Waals surface area contributed by atoms with Crippen molar-refractivity contribution >= 4 is 55.8 Å². The third-order valence-corrected chi connectivity index (χ3v) is 10.3. The van der Waals surface area contributed by atoms with Crippen LogP contribution in [0.15, 0.2) is 146 Å². The zero-order valence-electron chi connectivity index (χ0n) is 24.7. The lowest BCUT2D eigenvalue weighted by Crippen LogP contribution is -2.01. The second-order valence-electron chi connectivity index (χ2n) is 11.9. The highest BCUT2D eigenvalue weighted by atomic mass is 31.2. The molecule has 210 valence electrons. The minimum atomic E-state index is -2.26. The summed E-state index contributed by atoms with van der Waals surface area (Å²) in [7, 11) is -2.26. The number of fused-ring (bicyclic) bond motifs is 6. The van der Waals surface area contributed by atoms with Crippen LogP contribution in [-0.4, -0.2) is 18.3 Å². The van der Waals surface area contributed by atoms with Crippen LogP contribution in [0, 0.1) is 0 Å². The van der Waals surface area contributed by atoms with Gasteiger partial charge in [0.15, 0.2) is 0 Å². The van der Waals surface area contributed by atoms with Crippen molar-refractivity contribution in [3.05, 3.63) is 146 Å². The lowest BCUT2D eigenvalue weighted by Gasteiger charge is -2.15. The monoisotopic (exact) mass is 583 g/mol. The van der Waals surface area contributed by atoms with Gasteiger partial charge in [-0.3, -0.25) is 0 Å². The number of hydrogen-bond acceptors (Lipinski definition) is 2. The first-order chi connectivity index (χ1) is 21.4. The van der Waals surface area contributed by atoms with E-state index in [4.69, 9.17) is 4.98 Å². The van der Waals surface area contributed by atoms with E-state index >= 15 is 0 Å². The van der Waals surface area contributed by atoms with Gasteiger partial charge in [-0.05, 0) is 51.9 Å². The summed E-state index contributed by atoms with van der Waals surface area (Å²) in [6, 6.07) is 51.6. The first-order valence-electron chi connectivity index (χ1n) is 14.9. The smallest absolute Gasteiger partial charge is 0.109 e. The Bertz CT molecular complexity index is 2310. The van der Waals surface area contributed by atoms with Crippen LogP contribution < -0.4 is 5.30 Å². The quantitative estimate of drug-likeness (QED) is 0.117. The first-order valence-corrected chi connectivity index (χ1v) is 17.5. The summed E-state index contributed by atoms with van der Waals surface area (Å²) < 4.78 is 12.4. The SMILES string of the molecule is CP(C)(=O)c1ccc(-c2ccc(-c3ccc(-c4c5ccc6ccccc6c5nc5c4ccc4ccccc45)cc3)cc2)cc1. The highest BCUT2D eigenvalue weighted by Gasteiger charge is 2.16. The van der Waals surface area contributed by atoms with E-state index in [1.54, 1.807) is 0 Å². The summed E-state index contributed by atoms with van der Waals surface area (Å²) >= 11 is 0. The van der Waals surface area contributed by atoms with Crippen LogP contribution in [-0.2, 0) is 4.57 Å². The normalized spacial score (nSPS) is 12.0. The zero-order chi connectivity index (χ0) is 29.8. The molecule has 0 unspecified atom stereocenters. The summed E-state index contributed by atoms with van der Waals surface area (Å²) in [5.41, 5.74) is 9.09. The van der Waals surface area contributed by atoms with Crippen molar-refractivity contribution in [2.45, 2.75) is 0 Å². The topological polar surface area (TPSA) is 30.0 Å². The van der Waals surface area contributed by atoms with Gasteiger partial charge in [0.1, 0.15) is 7.14 Å². The molecule has 0 saturated carbocycles. The van der Waals surface area contributed by atoms with Crippen LogP contribution in [0.5, 0.6) is 0 Å². The van der Waals surface area contributed by atoms with Gasteiger partial charge >= 0.3 is 0 Å². The van der Waals surface area contributed by atoms with Gasteiger partial charge in [0.25, 0.3) is 0 Å². The van der Waals surface area contributed by atoms with Crippen LogP contribution in [0.4, 0.5) is 0 Å². The second-order valence-corrected chi connectivity index (χ2v) is 15.1. The Morgan fingerprint density at radius 2 is 0.795 bits per heavy atom. The number of benzene rings is 7. The van der Waals surface area contributed by atoms with Crippen molar-refractivity contribution in [2.75, 3.05) is 13.3 Å². The minimum absolute atomic E-state index is 0.911. The fourth-order valence-corrected chi connectivity index (χ4v) is 7.29. The predicted octanol–water partition coefficient (Wildman–Crippen LogP) is 10.9. The van der Waals surface area contributed by atoms with Gasteiger partial charge in [0.2, 0.25) is 0 Å². The molecule has 7 aromatic carbocycles. The average molecular weight is 584 g/mol. The van der Waals surface area contributed by atoms with E-state index in [0.29, 0.717) is 0 Å². The molecule has 0 amide bonds. The van der Waals surface area contributed by atoms with Crippen LogP contribution in [0.1, 0.15) is 0 Å². The van der Waals surface area contributed by atoms with Crippen LogP contribution in [0.25, 0.3) is 76.7 Å². The molecule has 1 aromatic heterocycles. The second kappa shape index (κ2) is 10.3. The third-order valence-electron chi connectivity index (χ3n) is 8.78. The Hall–Kier alpha value is -5.04. The zero-order valence-corrected chi connectivity index (χ0v) is 25.6. The molecule has 8 aromatic rings. The van der Waals surface area contributed by atoms with E-state index in [2.05, 4.69) is 133 Å². The molecule has 1 heterocycles. The Labute approximate surface area is 257 Å². The summed E-state index contributed by atoms with van der Waals surface area (Å²) in [5.74, 6) is 0. The summed E-state index contributed by atoms with van der Waals surface area (Å²) in [6.07, 6.45) is 0. The number of rotatable bonds is 4. The van der Waals surface area contributed by atoms with Crippen LogP contribution >= 0.6 is 7.14 Å². The Balaban J connectivity index is 1.23. The number of aromatic nitrogens is 1. The maximum Gasteiger partial charge on any atom is 0.109 e. The molecule has 0 spiro atoms. The number of pyridine rings is 1. The summed E-state index contributed by atoms with van der Waals surface area (Å²) in [6.45, 7) is 3.62. The van der Waals surface area contributed by atoms with Gasteiger partial charge in [-0.25, -0.2) is 4.98 Å². The highest BCUT2D eigenvalue weighted by Crippen LogP contribution is 2.40. The van der Waals surface area contributed by atoms with Gasteiger partial charge in [-0.1, -0.05) is 146 Å². The molecule has 0 saturated heterocycles. The van der Waals surface area contributed by atoms with Gasteiger partial charge in [0, 0.05) is 32.4 Å². The van der Waals surface area contributed by atoms with Crippen molar-refractivity contribution < 1.29 is 4.57 Å². The van der Waals surface area contributed by atoms with Crippen molar-refractivity contribution in [2.24, 2.45) is 0 Å². The van der Waals surface area contributed by atoms with E-state index in [1.165, 1.54) is 43.8 Å². The largest absolute Gasteiger partial charge is 0.319 e. The molecule has 3 heteroatoms. The van der Waals surface area contributed by atoms with Gasteiger partial charge in [0.05, 0.1) is 11.0 Å². The van der Waals surface area contributed by atoms with Gasteiger partial charge < -0.3 is 4.57 Å². The predicted molar refractivity (Wildman–Crippen MR) is 190 cm³/mol. The average Bonchev–Trinajstić information content (AvgIpc) is 3.07. The minimum Gasteiger partial charge on any atom is -0.319 e. The Morgan fingerprint density at radius 3 is 1.23 bits per heavy atom. The highest BCUT2D eigenvalue weighted by molar-refractivity contribution is 7.70. The van der Waals surface area contributed by atoms with E-state index in [-0.39, 0.29) is 0 Å². The standard InChI is InChI=1S/C41H30NOP/c1-44(2,43)34-23-19-30(20-24-34)28-13-11-27(12-14-28)29-15-17-33(18-16-29)39-37-25-21-31-7-3-5-9-35(31)40(37)42-41-36-10-6-4-8-32(36)22-26-38(39)41/h3-26H,1-2H3. The van der Waals surface area contributed by atoms with Crippen molar-refractivity contribution in [3.63, 3.8) is 0 Å². The molecule has 0 bridgehead atoms. The maximum absolute atomic E-state index is 12.4. The molecule has 0 fully saturated rings. The fraction of sp³-hybridized carbons (Fsp3) is 0.0488. The molecule has 44 heavy (non-hydrogen) atoms. The van der Waals surface area contributed by atoms with Gasteiger partial charge in [-0.2, -0.15) is 0 Å². The van der Waals surface area contributed by atoms with Gasteiger partial charge in [-0.15, -0.1) is 0 Å². The molecule has 0 radical (unpaired) electrons. The summed E-state index contributed by atoms with van der Waals surface area (Å²) in [5, 5.41) is 7.98. The molecule has 0 aliphatic carbocycles. The molecule has 0 aliphatic heterocycles. The van der Waals surface area contributed by atoms with E-state index in [1.807, 2.05) is 25.5 Å². The maximum atomic E-state index is 12.4. The van der Waals surface area contributed by atoms with E-state index in [9.17, 15) is 4.57 Å². The van der Waals surface area contributed by atoms with Crippen molar-refractivity contribution in [1.82, 2.24) is 4.98 Å². The molecule has 0 atom stereocenters. The number of nitrogens with zero attached hydrogens (tertiary/aromatic N) is 1. The molecule has 0 N–H and O–H groups in total. The lowest BCUT2D eigenvalue weighted by atomic mass is 9.91. The lowest BCUT2D eigenvalue weighted by molar-refractivity contribution is 0.588. The van der Waals surface area contributed by atoms with E-state index in [0.717, 1.165) is 38.2 Å². The molecular weight excluding hydrogens is 553 g/mol. The Kier molecular flexibility index (Phi) is 6.22.